The molecular weight excluding hydrogens is 448 g/mol. The van der Waals surface area contributed by atoms with Crippen LogP contribution in [0.1, 0.15) is 84.8 Å². The van der Waals surface area contributed by atoms with Gasteiger partial charge in [-0.25, -0.2) is 4.79 Å². The summed E-state index contributed by atoms with van der Waals surface area (Å²) in [7, 11) is 1.54. The fourth-order valence-corrected chi connectivity index (χ4v) is 4.74. The van der Waals surface area contributed by atoms with Crippen LogP contribution in [0.4, 0.5) is 0 Å². The van der Waals surface area contributed by atoms with E-state index in [1.807, 2.05) is 24.3 Å². The molecule has 1 N–H and O–H groups in total. The highest BCUT2D eigenvalue weighted by molar-refractivity contribution is 5.98. The van der Waals surface area contributed by atoms with Crippen LogP contribution < -0.4 is 9.47 Å². The molecular formula is C28H30O7. The summed E-state index contributed by atoms with van der Waals surface area (Å²) in [5, 5.41) is 11.4. The molecule has 0 radical (unpaired) electrons. The van der Waals surface area contributed by atoms with E-state index in [1.165, 1.54) is 0 Å². The number of phenols is 1. The topological polar surface area (TPSA) is 99.1 Å². The molecule has 0 saturated heterocycles. The Morgan fingerprint density at radius 3 is 2.66 bits per heavy atom. The van der Waals surface area contributed by atoms with E-state index in [-0.39, 0.29) is 29.3 Å². The molecule has 1 unspecified atom stereocenters. The van der Waals surface area contributed by atoms with Gasteiger partial charge < -0.3 is 19.3 Å². The van der Waals surface area contributed by atoms with Crippen LogP contribution in [0.3, 0.4) is 0 Å². The van der Waals surface area contributed by atoms with Crippen LogP contribution in [-0.4, -0.2) is 36.0 Å². The van der Waals surface area contributed by atoms with E-state index in [2.05, 4.69) is 0 Å². The standard InChI is InChI=1S/C28H30O7/c1-17-9-8-12-19(29)11-5-3-4-10-18-15-23-26(27(31)25(18)28(32)34-17)21(16-24(30)35-23)20-13-6-7-14-22(20)33-2/h4,6-7,10,13-15,17,21,31H,3,5,8-9,11-12,16H2,1-2H3/b10-4+/t17-,21?/m0/s1. The van der Waals surface area contributed by atoms with Crippen molar-refractivity contribution in [3.05, 3.63) is 58.7 Å². The van der Waals surface area contributed by atoms with Crippen molar-refractivity contribution in [2.75, 3.05) is 7.11 Å². The molecule has 0 bridgehead atoms. The van der Waals surface area contributed by atoms with Gasteiger partial charge in [0, 0.05) is 29.9 Å². The molecule has 0 aromatic heterocycles. The number of allylic oxidation sites excluding steroid dienone is 1. The van der Waals surface area contributed by atoms with Crippen LogP contribution in [0.2, 0.25) is 0 Å². The summed E-state index contributed by atoms with van der Waals surface area (Å²) < 4.78 is 16.7. The number of esters is 2. The van der Waals surface area contributed by atoms with E-state index < -0.39 is 24.0 Å². The molecule has 7 nitrogen and oxygen atoms in total. The van der Waals surface area contributed by atoms with Crippen molar-refractivity contribution in [3.8, 4) is 17.2 Å². The van der Waals surface area contributed by atoms with E-state index in [0.29, 0.717) is 61.0 Å². The molecule has 7 heteroatoms. The largest absolute Gasteiger partial charge is 0.507 e. The molecule has 2 aromatic carbocycles. The van der Waals surface area contributed by atoms with Gasteiger partial charge in [0.1, 0.15) is 28.6 Å². The van der Waals surface area contributed by atoms with E-state index in [0.717, 1.165) is 0 Å². The Bertz CT molecular complexity index is 1160. The minimum Gasteiger partial charge on any atom is -0.507 e. The summed E-state index contributed by atoms with van der Waals surface area (Å²) in [4.78, 5) is 37.8. The number of Topliss-reactive ketones (excluding diaryl/α,β-unsaturated/α-hetero) is 1. The third-order valence-corrected chi connectivity index (χ3v) is 6.49. The molecule has 2 atom stereocenters. The first-order valence-electron chi connectivity index (χ1n) is 12.0. The normalized spacial score (nSPS) is 22.2. The minimum absolute atomic E-state index is 0.00492. The van der Waals surface area contributed by atoms with Crippen LogP contribution in [0.5, 0.6) is 17.2 Å². The highest BCUT2D eigenvalue weighted by Crippen LogP contribution is 2.48. The molecule has 0 aliphatic carbocycles. The lowest BCUT2D eigenvalue weighted by molar-refractivity contribution is -0.135. The molecule has 2 aliphatic rings. The number of para-hydroxylation sites is 1. The smallest absolute Gasteiger partial charge is 0.342 e. The third-order valence-electron chi connectivity index (χ3n) is 6.49. The second-order valence-corrected chi connectivity index (χ2v) is 9.02. The molecule has 35 heavy (non-hydrogen) atoms. The van der Waals surface area contributed by atoms with Gasteiger partial charge in [-0.05, 0) is 50.3 Å². The number of rotatable bonds is 2. The quantitative estimate of drug-likeness (QED) is 0.460. The first kappa shape index (κ1) is 24.5. The van der Waals surface area contributed by atoms with Crippen LogP contribution in [0.25, 0.3) is 6.08 Å². The Hall–Kier alpha value is -3.61. The molecule has 2 aromatic rings. The van der Waals surface area contributed by atoms with E-state index in [1.54, 1.807) is 32.2 Å². The zero-order valence-corrected chi connectivity index (χ0v) is 20.0. The zero-order chi connectivity index (χ0) is 24.9. The predicted octanol–water partition coefficient (Wildman–Crippen LogP) is 5.32. The van der Waals surface area contributed by atoms with Gasteiger partial charge in [0.2, 0.25) is 0 Å². The van der Waals surface area contributed by atoms with Crippen LogP contribution in [0.15, 0.2) is 36.4 Å². The van der Waals surface area contributed by atoms with Gasteiger partial charge in [-0.15, -0.1) is 0 Å². The van der Waals surface area contributed by atoms with Crippen LogP contribution in [0, 0.1) is 0 Å². The van der Waals surface area contributed by atoms with Gasteiger partial charge in [0.15, 0.2) is 0 Å². The number of aromatic hydroxyl groups is 1. The fourth-order valence-electron chi connectivity index (χ4n) is 4.74. The number of carbonyl (C=O) groups is 3. The molecule has 2 aliphatic heterocycles. The maximum absolute atomic E-state index is 13.3. The molecule has 184 valence electrons. The maximum Gasteiger partial charge on any atom is 0.342 e. The number of fused-ring (bicyclic) bond motifs is 2. The molecule has 2 heterocycles. The van der Waals surface area contributed by atoms with Crippen LogP contribution in [-0.2, 0) is 14.3 Å². The van der Waals surface area contributed by atoms with Gasteiger partial charge in [-0.2, -0.15) is 0 Å². The van der Waals surface area contributed by atoms with Gasteiger partial charge in [0.25, 0.3) is 0 Å². The summed E-state index contributed by atoms with van der Waals surface area (Å²) in [6.07, 6.45) is 6.62. The van der Waals surface area contributed by atoms with Gasteiger partial charge in [0.05, 0.1) is 19.6 Å². The molecule has 0 amide bonds. The monoisotopic (exact) mass is 478 g/mol. The Balaban J connectivity index is 1.83. The molecule has 4 rings (SSSR count). The molecule has 0 saturated carbocycles. The molecule has 0 fully saturated rings. The Morgan fingerprint density at radius 1 is 1.09 bits per heavy atom. The zero-order valence-electron chi connectivity index (χ0n) is 20.0. The predicted molar refractivity (Wildman–Crippen MR) is 130 cm³/mol. The number of benzene rings is 2. The van der Waals surface area contributed by atoms with Crippen molar-refractivity contribution in [2.45, 2.75) is 63.9 Å². The van der Waals surface area contributed by atoms with Crippen molar-refractivity contribution in [1.82, 2.24) is 0 Å². The van der Waals surface area contributed by atoms with Gasteiger partial charge >= 0.3 is 11.9 Å². The first-order valence-corrected chi connectivity index (χ1v) is 12.0. The SMILES string of the molecule is COc1ccccc1C1CC(=O)Oc2cc3c(c(O)c21)C(=O)O[C@@H](C)CCCC(=O)CCC/C=C/3. The lowest BCUT2D eigenvalue weighted by atomic mass is 9.83. The highest BCUT2D eigenvalue weighted by atomic mass is 16.5. The van der Waals surface area contributed by atoms with Gasteiger partial charge in [-0.1, -0.05) is 30.4 Å². The fraction of sp³-hybridized carbons (Fsp3) is 0.393. The lowest BCUT2D eigenvalue weighted by Crippen LogP contribution is -2.23. The average molecular weight is 479 g/mol. The van der Waals surface area contributed by atoms with E-state index in [9.17, 15) is 19.5 Å². The number of hydrogen-bond acceptors (Lipinski definition) is 7. The minimum atomic E-state index is -0.656. The number of cyclic esters (lactones) is 1. The highest BCUT2D eigenvalue weighted by Gasteiger charge is 2.36. The number of hydrogen-bond donors (Lipinski definition) is 1. The second-order valence-electron chi connectivity index (χ2n) is 9.02. The van der Waals surface area contributed by atoms with Gasteiger partial charge in [-0.3, -0.25) is 9.59 Å². The summed E-state index contributed by atoms with van der Waals surface area (Å²) in [6, 6.07) is 8.87. The Kier molecular flexibility index (Phi) is 7.54. The second kappa shape index (κ2) is 10.8. The van der Waals surface area contributed by atoms with Crippen molar-refractivity contribution in [3.63, 3.8) is 0 Å². The molecule has 0 spiro atoms. The number of carbonyl (C=O) groups excluding carboxylic acids is 3. The van der Waals surface area contributed by atoms with E-state index >= 15 is 0 Å². The van der Waals surface area contributed by atoms with Crippen molar-refractivity contribution in [1.29, 1.82) is 0 Å². The summed E-state index contributed by atoms with van der Waals surface area (Å²) in [5.74, 6) is -0.927. The van der Waals surface area contributed by atoms with E-state index in [4.69, 9.17) is 14.2 Å². The maximum atomic E-state index is 13.3. The summed E-state index contributed by atoms with van der Waals surface area (Å²) >= 11 is 0. The number of phenolic OH excluding ortho intramolecular Hbond substituents is 1. The van der Waals surface area contributed by atoms with Crippen molar-refractivity contribution < 1.29 is 33.7 Å². The first-order chi connectivity index (χ1) is 16.9. The lowest BCUT2D eigenvalue weighted by Gasteiger charge is -2.28. The van der Waals surface area contributed by atoms with Crippen molar-refractivity contribution >= 4 is 23.8 Å². The number of ketones is 1. The number of methoxy groups -OCH3 is 1. The average Bonchev–Trinajstić information content (AvgIpc) is 2.82. The third kappa shape index (κ3) is 5.39. The van der Waals surface area contributed by atoms with Crippen molar-refractivity contribution in [2.24, 2.45) is 0 Å². The Morgan fingerprint density at radius 2 is 1.86 bits per heavy atom. The summed E-state index contributed by atoms with van der Waals surface area (Å²) in [5.41, 5.74) is 1.51. The Labute approximate surface area is 204 Å². The summed E-state index contributed by atoms with van der Waals surface area (Å²) in [6.45, 7) is 1.78. The van der Waals surface area contributed by atoms with Crippen LogP contribution >= 0.6 is 0 Å². The number of ether oxygens (including phenoxy) is 3.